The van der Waals surface area contributed by atoms with Gasteiger partial charge >= 0.3 is 0 Å². The first kappa shape index (κ1) is 37.7. The molecule has 0 atom stereocenters. The van der Waals surface area contributed by atoms with E-state index in [-0.39, 0.29) is 0 Å². The normalized spacial score (nSPS) is 11.2. The first-order valence-electron chi connectivity index (χ1n) is 21.7. The average Bonchev–Trinajstić information content (AvgIpc) is 3.37. The van der Waals surface area contributed by atoms with Crippen LogP contribution >= 0.6 is 0 Å². The van der Waals surface area contributed by atoms with E-state index in [9.17, 15) is 0 Å². The van der Waals surface area contributed by atoms with Gasteiger partial charge in [-0.2, -0.15) is 0 Å². The van der Waals surface area contributed by atoms with E-state index in [1.165, 1.54) is 77.2 Å². The Labute approximate surface area is 369 Å². The molecule has 0 radical (unpaired) electrons. The van der Waals surface area contributed by atoms with Gasteiger partial charge in [-0.25, -0.2) is 0 Å². The summed E-state index contributed by atoms with van der Waals surface area (Å²) in [5, 5.41) is 4.92. The third-order valence-corrected chi connectivity index (χ3v) is 12.3. The summed E-state index contributed by atoms with van der Waals surface area (Å²) < 4.78 is 0. The fourth-order valence-electron chi connectivity index (χ4n) is 9.23. The van der Waals surface area contributed by atoms with Gasteiger partial charge in [0.2, 0.25) is 0 Å². The lowest BCUT2D eigenvalue weighted by molar-refractivity contribution is 1.29. The van der Waals surface area contributed by atoms with Gasteiger partial charge in [-0.15, -0.1) is 0 Å². The molecular weight excluding hydrogens is 759 g/mol. The minimum absolute atomic E-state index is 1.08. The Morgan fingerprint density at radius 3 is 1.11 bits per heavy atom. The van der Waals surface area contributed by atoms with Crippen molar-refractivity contribution in [1.29, 1.82) is 0 Å². The van der Waals surface area contributed by atoms with Crippen molar-refractivity contribution in [2.24, 2.45) is 0 Å². The second-order valence-electron chi connectivity index (χ2n) is 16.0. The standard InChI is InChI=1S/C62H43N/c1-6-18-44(19-7-1)46-30-32-47(33-31-46)48-34-37-53(38-35-48)63(60-41-36-52(45-20-8-2-9-21-45)42-58(60)49-22-10-3-11-23-49)54-39-40-56-55-28-16-17-29-57(55)61(50-24-12-4-13-25-50)62(59(56)43-54)51-26-14-5-15-27-51/h1-43H. The van der Waals surface area contributed by atoms with Gasteiger partial charge in [0.15, 0.2) is 0 Å². The number of hydrogen-bond donors (Lipinski definition) is 0. The molecule has 0 aliphatic carbocycles. The zero-order chi connectivity index (χ0) is 42.0. The fourth-order valence-corrected chi connectivity index (χ4v) is 9.23. The van der Waals surface area contributed by atoms with Gasteiger partial charge in [0.25, 0.3) is 0 Å². The molecule has 1 nitrogen and oxygen atoms in total. The molecule has 63 heavy (non-hydrogen) atoms. The molecule has 11 rings (SSSR count). The van der Waals surface area contributed by atoms with Gasteiger partial charge in [-0.3, -0.25) is 0 Å². The van der Waals surface area contributed by atoms with E-state index >= 15 is 0 Å². The number of hydrogen-bond acceptors (Lipinski definition) is 1. The van der Waals surface area contributed by atoms with Crippen molar-refractivity contribution in [3.05, 3.63) is 261 Å². The summed E-state index contributed by atoms with van der Waals surface area (Å²) in [7, 11) is 0. The van der Waals surface area contributed by atoms with Crippen LogP contribution in [0.25, 0.3) is 88.3 Å². The Balaban J connectivity index is 1.15. The molecule has 0 aliphatic rings. The molecule has 0 N–H and O–H groups in total. The third-order valence-electron chi connectivity index (χ3n) is 12.3. The zero-order valence-electron chi connectivity index (χ0n) is 34.8. The summed E-state index contributed by atoms with van der Waals surface area (Å²) in [6.45, 7) is 0. The first-order valence-corrected chi connectivity index (χ1v) is 21.7. The Kier molecular flexibility index (Phi) is 9.97. The van der Waals surface area contributed by atoms with Crippen molar-refractivity contribution in [3.8, 4) is 66.8 Å². The lowest BCUT2D eigenvalue weighted by Crippen LogP contribution is -2.11. The largest absolute Gasteiger partial charge is 0.310 e. The van der Waals surface area contributed by atoms with E-state index in [0.717, 1.165) is 28.2 Å². The van der Waals surface area contributed by atoms with Gasteiger partial charge in [-0.1, -0.05) is 224 Å². The average molecular weight is 802 g/mol. The van der Waals surface area contributed by atoms with Crippen molar-refractivity contribution in [2.75, 3.05) is 4.90 Å². The molecule has 0 saturated carbocycles. The van der Waals surface area contributed by atoms with Crippen LogP contribution < -0.4 is 4.90 Å². The second kappa shape index (κ2) is 16.7. The van der Waals surface area contributed by atoms with Crippen molar-refractivity contribution in [3.63, 3.8) is 0 Å². The molecule has 0 fully saturated rings. The molecular formula is C62H43N. The van der Waals surface area contributed by atoms with Crippen LogP contribution in [0.1, 0.15) is 0 Å². The van der Waals surface area contributed by atoms with Crippen LogP contribution in [0, 0.1) is 0 Å². The lowest BCUT2D eigenvalue weighted by Gasteiger charge is -2.29. The molecule has 0 aliphatic heterocycles. The van der Waals surface area contributed by atoms with Crippen LogP contribution in [-0.4, -0.2) is 0 Å². The summed E-state index contributed by atoms with van der Waals surface area (Å²) in [6, 6.07) is 94.7. The third kappa shape index (κ3) is 7.26. The summed E-state index contributed by atoms with van der Waals surface area (Å²) >= 11 is 0. The van der Waals surface area contributed by atoms with Crippen molar-refractivity contribution in [2.45, 2.75) is 0 Å². The van der Waals surface area contributed by atoms with Crippen LogP contribution in [0.15, 0.2) is 261 Å². The van der Waals surface area contributed by atoms with Crippen molar-refractivity contribution >= 4 is 38.6 Å². The number of fused-ring (bicyclic) bond motifs is 3. The highest BCUT2D eigenvalue weighted by atomic mass is 15.1. The highest BCUT2D eigenvalue weighted by molar-refractivity contribution is 6.22. The van der Waals surface area contributed by atoms with E-state index in [2.05, 4.69) is 266 Å². The minimum atomic E-state index is 1.08. The smallest absolute Gasteiger partial charge is 0.0540 e. The lowest BCUT2D eigenvalue weighted by atomic mass is 9.85. The minimum Gasteiger partial charge on any atom is -0.310 e. The summed E-state index contributed by atoms with van der Waals surface area (Å²) in [5.41, 5.74) is 17.6. The Morgan fingerprint density at radius 2 is 0.571 bits per heavy atom. The molecule has 11 aromatic rings. The van der Waals surface area contributed by atoms with Crippen molar-refractivity contribution < 1.29 is 0 Å². The molecule has 0 spiro atoms. The van der Waals surface area contributed by atoms with Gasteiger partial charge in [0.05, 0.1) is 5.69 Å². The number of nitrogens with zero attached hydrogens (tertiary/aromatic N) is 1. The van der Waals surface area contributed by atoms with E-state index < -0.39 is 0 Å². The topological polar surface area (TPSA) is 3.24 Å². The number of anilines is 3. The van der Waals surface area contributed by atoms with Gasteiger partial charge in [-0.05, 0) is 119 Å². The van der Waals surface area contributed by atoms with Crippen LogP contribution in [0.2, 0.25) is 0 Å². The Morgan fingerprint density at radius 1 is 0.206 bits per heavy atom. The predicted octanol–water partition coefficient (Wildman–Crippen LogP) is 17.5. The van der Waals surface area contributed by atoms with Crippen LogP contribution in [-0.2, 0) is 0 Å². The van der Waals surface area contributed by atoms with Gasteiger partial charge < -0.3 is 4.90 Å². The maximum absolute atomic E-state index is 2.45. The van der Waals surface area contributed by atoms with E-state index in [4.69, 9.17) is 0 Å². The molecule has 0 heterocycles. The highest BCUT2D eigenvalue weighted by Crippen LogP contribution is 2.48. The Bertz CT molecular complexity index is 3320. The zero-order valence-corrected chi connectivity index (χ0v) is 34.8. The number of benzene rings is 11. The molecule has 296 valence electrons. The molecule has 1 heteroatoms. The molecule has 0 amide bonds. The van der Waals surface area contributed by atoms with Crippen LogP contribution in [0.3, 0.4) is 0 Å². The first-order chi connectivity index (χ1) is 31.3. The monoisotopic (exact) mass is 801 g/mol. The molecule has 0 unspecified atom stereocenters. The van der Waals surface area contributed by atoms with Crippen LogP contribution in [0.5, 0.6) is 0 Å². The summed E-state index contributed by atoms with van der Waals surface area (Å²) in [5.74, 6) is 0. The van der Waals surface area contributed by atoms with E-state index in [1.807, 2.05) is 0 Å². The van der Waals surface area contributed by atoms with Crippen molar-refractivity contribution in [1.82, 2.24) is 0 Å². The quantitative estimate of drug-likeness (QED) is 0.131. The molecule has 0 saturated heterocycles. The maximum atomic E-state index is 2.45. The van der Waals surface area contributed by atoms with Gasteiger partial charge in [0, 0.05) is 16.9 Å². The SMILES string of the molecule is c1ccc(-c2ccc(-c3ccc(N(c4ccc5c(c4)c(-c4ccccc4)c(-c4ccccc4)c4ccccc45)c4ccc(-c5ccccc5)cc4-c4ccccc4)cc3)cc2)cc1. The fraction of sp³-hybridized carbons (Fsp3) is 0. The molecule has 0 aromatic heterocycles. The van der Waals surface area contributed by atoms with Gasteiger partial charge in [0.1, 0.15) is 0 Å². The highest BCUT2D eigenvalue weighted by Gasteiger charge is 2.22. The predicted molar refractivity (Wildman–Crippen MR) is 269 cm³/mol. The van der Waals surface area contributed by atoms with Crippen LogP contribution in [0.4, 0.5) is 17.1 Å². The van der Waals surface area contributed by atoms with E-state index in [1.54, 1.807) is 0 Å². The molecule has 11 aromatic carbocycles. The second-order valence-corrected chi connectivity index (χ2v) is 16.0. The molecule has 0 bridgehead atoms. The number of rotatable bonds is 9. The maximum Gasteiger partial charge on any atom is 0.0540 e. The summed E-state index contributed by atoms with van der Waals surface area (Å²) in [6.07, 6.45) is 0. The Hall–Kier alpha value is -8.26. The van der Waals surface area contributed by atoms with E-state index in [0.29, 0.717) is 0 Å². The summed E-state index contributed by atoms with van der Waals surface area (Å²) in [4.78, 5) is 2.45.